The number of halogens is 1. The predicted molar refractivity (Wildman–Crippen MR) is 183 cm³/mol. The molecule has 45 heavy (non-hydrogen) atoms. The van der Waals surface area contributed by atoms with Crippen LogP contribution in [0.1, 0.15) is 25.3 Å². The topological polar surface area (TPSA) is 122 Å². The van der Waals surface area contributed by atoms with Gasteiger partial charge in [-0.2, -0.15) is 10.1 Å². The average Bonchev–Trinajstić information content (AvgIpc) is 3.48. The lowest BCUT2D eigenvalue weighted by Gasteiger charge is -2.47. The molecule has 3 aromatic heterocycles. The molecule has 0 unspecified atom stereocenters. The Morgan fingerprint density at radius 1 is 1.09 bits per heavy atom. The minimum atomic E-state index is -2.72. The highest BCUT2D eigenvalue weighted by Crippen LogP contribution is 2.41. The van der Waals surface area contributed by atoms with Gasteiger partial charge in [0.25, 0.3) is 0 Å². The number of aryl methyl sites for hydroxylation is 1. The van der Waals surface area contributed by atoms with Crippen molar-refractivity contribution in [3.63, 3.8) is 0 Å². The molecule has 6 rings (SSSR count). The third-order valence-corrected chi connectivity index (χ3v) is 10.8. The van der Waals surface area contributed by atoms with Crippen molar-refractivity contribution in [2.75, 3.05) is 75.9 Å². The van der Waals surface area contributed by atoms with E-state index in [4.69, 9.17) is 14.5 Å². The molecule has 0 radical (unpaired) electrons. The molecule has 240 valence electrons. The summed E-state index contributed by atoms with van der Waals surface area (Å²) >= 11 is 3.57. The van der Waals surface area contributed by atoms with E-state index in [-0.39, 0.29) is 0 Å². The number of piperidine rings is 1. The lowest BCUT2D eigenvalue weighted by Crippen LogP contribution is -2.56. The van der Waals surface area contributed by atoms with Gasteiger partial charge in [0.05, 0.1) is 34.9 Å². The summed E-state index contributed by atoms with van der Waals surface area (Å²) in [6.45, 7) is 10.8. The maximum absolute atomic E-state index is 13.3. The first kappa shape index (κ1) is 31.7. The molecular weight excluding hydrogens is 657 g/mol. The van der Waals surface area contributed by atoms with Crippen molar-refractivity contribution in [1.82, 2.24) is 29.5 Å². The van der Waals surface area contributed by atoms with E-state index in [0.717, 1.165) is 63.5 Å². The number of likely N-dealkylation sites (tertiary alicyclic amines) is 1. The normalized spacial score (nSPS) is 16.6. The van der Waals surface area contributed by atoms with E-state index >= 15 is 0 Å². The molecule has 0 spiro atoms. The summed E-state index contributed by atoms with van der Waals surface area (Å²) in [5, 5.41) is 11.5. The minimum absolute atomic E-state index is 0.400. The first-order valence-corrected chi connectivity index (χ1v) is 18.7. The van der Waals surface area contributed by atoms with Crippen molar-refractivity contribution in [3.05, 3.63) is 47.0 Å². The number of anilines is 5. The van der Waals surface area contributed by atoms with Crippen LogP contribution in [0.25, 0.3) is 5.65 Å². The Hall–Kier alpha value is -3.25. The number of aromatic nitrogens is 5. The number of methoxy groups -OCH3 is 2. The molecule has 5 heterocycles. The summed E-state index contributed by atoms with van der Waals surface area (Å²) in [5.41, 5.74) is 4.46. The molecule has 4 aromatic rings. The van der Waals surface area contributed by atoms with Crippen LogP contribution in [0, 0.1) is 5.92 Å². The van der Waals surface area contributed by atoms with Crippen LogP contribution in [0.2, 0.25) is 0 Å². The van der Waals surface area contributed by atoms with Crippen molar-refractivity contribution < 1.29 is 14.0 Å². The van der Waals surface area contributed by atoms with Gasteiger partial charge in [0.2, 0.25) is 5.95 Å². The maximum Gasteiger partial charge on any atom is 0.229 e. The highest BCUT2D eigenvalue weighted by Gasteiger charge is 2.34. The molecule has 12 nitrogen and oxygen atoms in total. The Bertz CT molecular complexity index is 1710. The Balaban J connectivity index is 1.20. The van der Waals surface area contributed by atoms with Gasteiger partial charge in [-0.15, -0.1) is 0 Å². The molecule has 0 amide bonds. The summed E-state index contributed by atoms with van der Waals surface area (Å²) in [4.78, 5) is 18.7. The van der Waals surface area contributed by atoms with Gasteiger partial charge in [-0.3, -0.25) is 4.90 Å². The van der Waals surface area contributed by atoms with Crippen LogP contribution in [0.15, 0.2) is 41.4 Å². The van der Waals surface area contributed by atoms with Gasteiger partial charge >= 0.3 is 0 Å². The van der Waals surface area contributed by atoms with E-state index in [1.807, 2.05) is 6.07 Å². The van der Waals surface area contributed by atoms with Crippen molar-refractivity contribution in [2.45, 2.75) is 32.2 Å². The molecule has 0 aliphatic carbocycles. The van der Waals surface area contributed by atoms with Gasteiger partial charge in [-0.05, 0) is 66.2 Å². The first-order valence-electron chi connectivity index (χ1n) is 15.3. The second-order valence-corrected chi connectivity index (χ2v) is 16.1. The fraction of sp³-hybridized carbons (Fsp3) is 0.484. The van der Waals surface area contributed by atoms with Gasteiger partial charge in [0, 0.05) is 69.4 Å². The quantitative estimate of drug-likeness (QED) is 0.203. The number of benzene rings is 1. The predicted octanol–water partition coefficient (Wildman–Crippen LogP) is 5.14. The fourth-order valence-corrected chi connectivity index (χ4v) is 8.09. The monoisotopic (exact) mass is 697 g/mol. The highest BCUT2D eigenvalue weighted by molar-refractivity contribution is 9.10. The molecule has 0 saturated carbocycles. The molecule has 0 atom stereocenters. The van der Waals surface area contributed by atoms with Crippen LogP contribution in [0.4, 0.5) is 28.8 Å². The van der Waals surface area contributed by atoms with E-state index in [1.54, 1.807) is 44.5 Å². The molecule has 1 aromatic carbocycles. The van der Waals surface area contributed by atoms with Gasteiger partial charge < -0.3 is 29.6 Å². The smallest absolute Gasteiger partial charge is 0.229 e. The van der Waals surface area contributed by atoms with Gasteiger partial charge in [-0.25, -0.2) is 14.5 Å². The lowest BCUT2D eigenvalue weighted by atomic mass is 9.93. The summed E-state index contributed by atoms with van der Waals surface area (Å²) < 4.78 is 26.8. The van der Waals surface area contributed by atoms with Crippen LogP contribution < -0.4 is 25.6 Å². The molecule has 2 aliphatic rings. The zero-order valence-electron chi connectivity index (χ0n) is 26.5. The largest absolute Gasteiger partial charge is 0.494 e. The standard InChI is InChI=1S/C31H41BrN9O3P/c1-6-21-13-25(27(44-3)14-26(21)39-10-7-22(8-11-39)40-16-20(17-40)18-43-2)37-31-33-15-23(32)29(38-31)36-24-9-12-41-30(34-19-35-41)28(24)45(4,5)42/h9,12-15,19-20,22H,6-8,10-11,16-18H2,1-5H3,(H2,33,36,37,38). The maximum atomic E-state index is 13.3. The second kappa shape index (κ2) is 13.2. The Labute approximate surface area is 272 Å². The number of rotatable bonds is 11. The van der Waals surface area contributed by atoms with Crippen LogP contribution in [-0.2, 0) is 15.7 Å². The number of nitrogens with zero attached hydrogens (tertiary/aromatic N) is 7. The Morgan fingerprint density at radius 3 is 2.56 bits per heavy atom. The van der Waals surface area contributed by atoms with Crippen molar-refractivity contribution in [3.8, 4) is 5.75 Å². The number of hydrogen-bond acceptors (Lipinski definition) is 11. The van der Waals surface area contributed by atoms with Gasteiger partial charge in [-0.1, -0.05) is 6.92 Å². The summed E-state index contributed by atoms with van der Waals surface area (Å²) in [6, 6.07) is 6.76. The van der Waals surface area contributed by atoms with E-state index in [2.05, 4.69) is 70.5 Å². The molecule has 2 saturated heterocycles. The minimum Gasteiger partial charge on any atom is -0.494 e. The third kappa shape index (κ3) is 6.67. The number of nitrogens with one attached hydrogen (secondary N) is 2. The molecular formula is C31H41BrN9O3P. The van der Waals surface area contributed by atoms with Crippen LogP contribution in [-0.4, -0.2) is 95.8 Å². The summed E-state index contributed by atoms with van der Waals surface area (Å²) in [6.07, 6.45) is 8.12. The van der Waals surface area contributed by atoms with Crippen molar-refractivity contribution in [1.29, 1.82) is 0 Å². The molecule has 0 bridgehead atoms. The molecule has 14 heteroatoms. The van der Waals surface area contributed by atoms with Crippen LogP contribution >= 0.6 is 23.1 Å². The van der Waals surface area contributed by atoms with Crippen molar-refractivity contribution in [2.24, 2.45) is 5.92 Å². The summed E-state index contributed by atoms with van der Waals surface area (Å²) in [5.74, 6) is 2.33. The van der Waals surface area contributed by atoms with E-state index in [1.165, 1.54) is 17.6 Å². The molecule has 2 N–H and O–H groups in total. The highest BCUT2D eigenvalue weighted by atomic mass is 79.9. The lowest BCUT2D eigenvalue weighted by molar-refractivity contribution is -0.000668. The summed E-state index contributed by atoms with van der Waals surface area (Å²) in [7, 11) is 0.755. The fourth-order valence-electron chi connectivity index (χ4n) is 6.45. The molecule has 2 fully saturated rings. The SMILES string of the molecule is CCc1cc(Nc2ncc(Br)c(Nc3ccn4ncnc4c3P(C)(C)=O)n2)c(OC)cc1N1CCC(N2CC(COC)C2)CC1. The zero-order valence-corrected chi connectivity index (χ0v) is 28.9. The van der Waals surface area contributed by atoms with Gasteiger partial charge in [0.1, 0.15) is 25.0 Å². The van der Waals surface area contributed by atoms with E-state index in [9.17, 15) is 4.57 Å². The van der Waals surface area contributed by atoms with Crippen LogP contribution in [0.3, 0.4) is 0 Å². The number of fused-ring (bicyclic) bond motifs is 1. The Morgan fingerprint density at radius 2 is 1.87 bits per heavy atom. The third-order valence-electron chi connectivity index (χ3n) is 8.70. The number of ether oxygens (including phenoxy) is 2. The van der Waals surface area contributed by atoms with E-state index in [0.29, 0.717) is 44.8 Å². The van der Waals surface area contributed by atoms with Gasteiger partial charge in [0.15, 0.2) is 5.65 Å². The Kier molecular flexibility index (Phi) is 9.33. The van der Waals surface area contributed by atoms with Crippen LogP contribution in [0.5, 0.6) is 5.75 Å². The molecule has 2 aliphatic heterocycles. The van der Waals surface area contributed by atoms with E-state index < -0.39 is 7.14 Å². The number of hydrogen-bond donors (Lipinski definition) is 2. The first-order chi connectivity index (χ1) is 21.7. The average molecular weight is 699 g/mol. The number of pyridine rings is 1. The second-order valence-electron chi connectivity index (χ2n) is 12.1. The van der Waals surface area contributed by atoms with Crippen molar-refractivity contribution >= 4 is 62.9 Å². The zero-order chi connectivity index (χ0) is 31.7.